The molecular weight excluding hydrogens is 282 g/mol. The van der Waals surface area contributed by atoms with Crippen molar-refractivity contribution in [3.63, 3.8) is 0 Å². The molecule has 0 atom stereocenters. The molecule has 0 saturated heterocycles. The highest BCUT2D eigenvalue weighted by Crippen LogP contribution is 2.29. The summed E-state index contributed by atoms with van der Waals surface area (Å²) in [7, 11) is 0. The minimum atomic E-state index is -1.18. The summed E-state index contributed by atoms with van der Waals surface area (Å²) in [6.07, 6.45) is 3.76. The summed E-state index contributed by atoms with van der Waals surface area (Å²) in [6, 6.07) is 3.45. The zero-order valence-corrected chi connectivity index (χ0v) is 13.1. The molecule has 0 radical (unpaired) electrons. The van der Waals surface area contributed by atoms with Crippen molar-refractivity contribution in [3.05, 3.63) is 34.4 Å². The Hall–Kier alpha value is -1.88. The van der Waals surface area contributed by atoms with Gasteiger partial charge in [-0.25, -0.2) is 9.59 Å². The predicted molar refractivity (Wildman–Crippen MR) is 83.7 cm³/mol. The lowest BCUT2D eigenvalue weighted by Crippen LogP contribution is -2.37. The molecule has 0 spiro atoms. The molecule has 120 valence electrons. The molecule has 22 heavy (non-hydrogen) atoms. The van der Waals surface area contributed by atoms with E-state index in [1.165, 1.54) is 0 Å². The second-order valence-electron chi connectivity index (χ2n) is 5.87. The van der Waals surface area contributed by atoms with Gasteiger partial charge in [0.1, 0.15) is 0 Å². The van der Waals surface area contributed by atoms with E-state index in [9.17, 15) is 19.8 Å². The van der Waals surface area contributed by atoms with Crippen molar-refractivity contribution in [1.82, 2.24) is 4.90 Å². The van der Waals surface area contributed by atoms with Crippen LogP contribution in [-0.2, 0) is 12.8 Å². The minimum absolute atomic E-state index is 0.107. The molecule has 1 aromatic carbocycles. The van der Waals surface area contributed by atoms with Gasteiger partial charge in [0.25, 0.3) is 0 Å². The first-order chi connectivity index (χ1) is 10.5. The van der Waals surface area contributed by atoms with Crippen LogP contribution >= 0.6 is 0 Å². The Balaban J connectivity index is 2.30. The highest BCUT2D eigenvalue weighted by atomic mass is 16.4. The molecule has 1 aliphatic rings. The highest BCUT2D eigenvalue weighted by molar-refractivity contribution is 6.02. The molecule has 0 aliphatic heterocycles. The van der Waals surface area contributed by atoms with Crippen molar-refractivity contribution >= 4 is 11.9 Å². The first kappa shape index (κ1) is 16.5. The number of hydrogen-bond acceptors (Lipinski definition) is 3. The average Bonchev–Trinajstić information content (AvgIpc) is 2.88. The van der Waals surface area contributed by atoms with Crippen LogP contribution in [0.15, 0.2) is 12.1 Å². The zero-order valence-electron chi connectivity index (χ0n) is 13.1. The summed E-state index contributed by atoms with van der Waals surface area (Å²) in [6.45, 7) is 6.33. The minimum Gasteiger partial charge on any atom is -0.478 e. The van der Waals surface area contributed by atoms with Gasteiger partial charge in [0.15, 0.2) is 0 Å². The fraction of sp³-hybridized carbons (Fsp3) is 0.529. The van der Waals surface area contributed by atoms with Crippen molar-refractivity contribution < 1.29 is 19.8 Å². The highest BCUT2D eigenvalue weighted by Gasteiger charge is 2.29. The van der Waals surface area contributed by atoms with Gasteiger partial charge < -0.3 is 10.2 Å². The second-order valence-corrected chi connectivity index (χ2v) is 5.87. The fourth-order valence-electron chi connectivity index (χ4n) is 3.31. The van der Waals surface area contributed by atoms with Gasteiger partial charge in [0.2, 0.25) is 0 Å². The number of carboxylic acids is 2. The first-order valence-electron chi connectivity index (χ1n) is 7.84. The number of carboxylic acid groups (broad SMARTS) is 2. The van der Waals surface area contributed by atoms with Crippen LogP contribution in [0.4, 0.5) is 0 Å². The Kier molecular flexibility index (Phi) is 5.19. The molecule has 2 N–H and O–H groups in total. The quantitative estimate of drug-likeness (QED) is 0.810. The van der Waals surface area contributed by atoms with Crippen LogP contribution < -0.4 is 0 Å². The summed E-state index contributed by atoms with van der Waals surface area (Å²) >= 11 is 0. The number of carbonyl (C=O) groups is 2. The van der Waals surface area contributed by atoms with E-state index in [4.69, 9.17) is 0 Å². The smallest absolute Gasteiger partial charge is 0.336 e. The lowest BCUT2D eigenvalue weighted by molar-refractivity contribution is 0.0651. The summed E-state index contributed by atoms with van der Waals surface area (Å²) in [5.74, 6) is -2.36. The van der Waals surface area contributed by atoms with Crippen molar-refractivity contribution in [1.29, 1.82) is 0 Å². The van der Waals surface area contributed by atoms with Gasteiger partial charge in [-0.1, -0.05) is 13.8 Å². The molecule has 1 aliphatic carbocycles. The van der Waals surface area contributed by atoms with E-state index >= 15 is 0 Å². The lowest BCUT2D eigenvalue weighted by atomic mass is 10.00. The summed E-state index contributed by atoms with van der Waals surface area (Å²) in [5, 5.41) is 18.4. The number of fused-ring (bicyclic) bond motifs is 1. The Morgan fingerprint density at radius 2 is 1.41 bits per heavy atom. The Morgan fingerprint density at radius 1 is 1.00 bits per heavy atom. The Labute approximate surface area is 130 Å². The number of aromatic carboxylic acids is 2. The molecular formula is C17H23NO4. The maximum absolute atomic E-state index is 11.3. The third-order valence-corrected chi connectivity index (χ3v) is 4.25. The average molecular weight is 305 g/mol. The maximum Gasteiger partial charge on any atom is 0.336 e. The largest absolute Gasteiger partial charge is 0.478 e. The standard InChI is InChI=1S/C17H23NO4/c1-3-5-18(6-4-2)13-7-11-9-14(16(19)20)15(17(21)22)10-12(11)8-13/h9-10,13H,3-8H2,1-2H3,(H,19,20)(H,21,22). The SMILES string of the molecule is CCCN(CCC)C1Cc2cc(C(=O)O)c(C(=O)O)cc2C1. The van der Waals surface area contributed by atoms with Crippen LogP contribution in [0.3, 0.4) is 0 Å². The van der Waals surface area contributed by atoms with Gasteiger partial charge in [-0.3, -0.25) is 4.90 Å². The third kappa shape index (κ3) is 3.30. The van der Waals surface area contributed by atoms with Gasteiger partial charge in [-0.05, 0) is 62.0 Å². The van der Waals surface area contributed by atoms with Crippen LogP contribution in [-0.4, -0.2) is 46.2 Å². The monoisotopic (exact) mass is 305 g/mol. The van der Waals surface area contributed by atoms with Crippen molar-refractivity contribution in [3.8, 4) is 0 Å². The molecule has 0 bridgehead atoms. The molecule has 0 fully saturated rings. The van der Waals surface area contributed by atoms with E-state index in [1.54, 1.807) is 12.1 Å². The van der Waals surface area contributed by atoms with Crippen LogP contribution in [0.2, 0.25) is 0 Å². The van der Waals surface area contributed by atoms with Crippen LogP contribution in [0, 0.1) is 0 Å². The number of hydrogen-bond donors (Lipinski definition) is 2. The van der Waals surface area contributed by atoms with E-state index in [0.29, 0.717) is 6.04 Å². The molecule has 1 aromatic rings. The van der Waals surface area contributed by atoms with Gasteiger partial charge in [0, 0.05) is 6.04 Å². The molecule has 0 saturated carbocycles. The molecule has 0 unspecified atom stereocenters. The number of nitrogens with zero attached hydrogens (tertiary/aromatic N) is 1. The normalized spacial score (nSPS) is 14.3. The van der Waals surface area contributed by atoms with E-state index in [-0.39, 0.29) is 11.1 Å². The topological polar surface area (TPSA) is 77.8 Å². The maximum atomic E-state index is 11.3. The van der Waals surface area contributed by atoms with Gasteiger partial charge >= 0.3 is 11.9 Å². The van der Waals surface area contributed by atoms with Gasteiger partial charge in [-0.2, -0.15) is 0 Å². The predicted octanol–water partition coefficient (Wildman–Crippen LogP) is 2.67. The second kappa shape index (κ2) is 6.92. The number of benzene rings is 1. The number of rotatable bonds is 7. The molecule has 5 heteroatoms. The zero-order chi connectivity index (χ0) is 16.3. The third-order valence-electron chi connectivity index (χ3n) is 4.25. The molecule has 0 aromatic heterocycles. The summed E-state index contributed by atoms with van der Waals surface area (Å²) in [4.78, 5) is 25.0. The summed E-state index contributed by atoms with van der Waals surface area (Å²) in [5.41, 5.74) is 1.74. The Bertz CT molecular complexity index is 533. The van der Waals surface area contributed by atoms with E-state index < -0.39 is 11.9 Å². The van der Waals surface area contributed by atoms with E-state index in [0.717, 1.165) is 49.9 Å². The van der Waals surface area contributed by atoms with Crippen LogP contribution in [0.25, 0.3) is 0 Å². The van der Waals surface area contributed by atoms with Crippen LogP contribution in [0.5, 0.6) is 0 Å². The van der Waals surface area contributed by atoms with Crippen molar-refractivity contribution in [2.45, 2.75) is 45.6 Å². The van der Waals surface area contributed by atoms with E-state index in [1.807, 2.05) is 0 Å². The van der Waals surface area contributed by atoms with Crippen molar-refractivity contribution in [2.75, 3.05) is 13.1 Å². The molecule has 2 rings (SSSR count). The van der Waals surface area contributed by atoms with Gasteiger partial charge in [0.05, 0.1) is 11.1 Å². The van der Waals surface area contributed by atoms with Crippen LogP contribution in [0.1, 0.15) is 58.5 Å². The first-order valence-corrected chi connectivity index (χ1v) is 7.84. The Morgan fingerprint density at radius 3 is 1.73 bits per heavy atom. The molecule has 0 amide bonds. The lowest BCUT2D eigenvalue weighted by Gasteiger charge is -2.27. The van der Waals surface area contributed by atoms with Crippen molar-refractivity contribution in [2.24, 2.45) is 0 Å². The molecule has 5 nitrogen and oxygen atoms in total. The van der Waals surface area contributed by atoms with E-state index in [2.05, 4.69) is 18.7 Å². The fourth-order valence-corrected chi connectivity index (χ4v) is 3.31. The summed E-state index contributed by atoms with van der Waals surface area (Å²) < 4.78 is 0. The van der Waals surface area contributed by atoms with Gasteiger partial charge in [-0.15, -0.1) is 0 Å². The molecule has 0 heterocycles.